The van der Waals surface area contributed by atoms with Crippen LogP contribution in [0.15, 0.2) is 35.7 Å². The van der Waals surface area contributed by atoms with Crippen LogP contribution in [0, 0.1) is 11.6 Å². The van der Waals surface area contributed by atoms with Gasteiger partial charge in [-0.3, -0.25) is 39.0 Å². The molecule has 1 unspecified atom stereocenters. The number of unbranched alkanes of at least 4 members (excludes halogenated alkanes) is 4. The number of rotatable bonds is 17. The Bertz CT molecular complexity index is 1930. The molecule has 54 heavy (non-hydrogen) atoms. The molecule has 5 amide bonds. The molecule has 286 valence electrons. The van der Waals surface area contributed by atoms with Crippen LogP contribution in [0.25, 0.3) is 11.3 Å². The standard InChI is InChI=1S/C37H39F2N5O9S/c38-25-11-10-23(26-21-54-37(41-26)43-15-17-51-18-16-43)33(32(25)39)53-19-22(45)7-4-2-1-3-5-14-40-30(47)20-52-28-9-6-8-24-31(28)36(50)44(35(24)49)27-12-13-29(46)42-34(27)48/h6,8-11,21,27H,1-5,7,12-20H2,(H,40,47)(H,42,46,48). The molecule has 2 saturated heterocycles. The van der Waals surface area contributed by atoms with Gasteiger partial charge in [0.2, 0.25) is 17.6 Å². The zero-order valence-electron chi connectivity index (χ0n) is 29.3. The van der Waals surface area contributed by atoms with E-state index in [1.165, 1.54) is 35.6 Å². The van der Waals surface area contributed by atoms with Crippen molar-refractivity contribution in [1.82, 2.24) is 20.5 Å². The van der Waals surface area contributed by atoms with Crippen molar-refractivity contribution in [3.05, 3.63) is 58.5 Å². The van der Waals surface area contributed by atoms with E-state index in [9.17, 15) is 37.5 Å². The van der Waals surface area contributed by atoms with E-state index in [-0.39, 0.29) is 53.2 Å². The zero-order chi connectivity index (χ0) is 38.2. The Labute approximate surface area is 313 Å². The lowest BCUT2D eigenvalue weighted by atomic mass is 10.0. The Morgan fingerprint density at radius 2 is 1.72 bits per heavy atom. The van der Waals surface area contributed by atoms with Gasteiger partial charge >= 0.3 is 0 Å². The molecule has 1 aromatic heterocycles. The highest BCUT2D eigenvalue weighted by Crippen LogP contribution is 2.37. The molecule has 2 fully saturated rings. The Balaban J connectivity index is 0.871. The van der Waals surface area contributed by atoms with Crippen molar-refractivity contribution in [1.29, 1.82) is 0 Å². The number of hydrogen-bond donors (Lipinski definition) is 2. The number of morpholine rings is 1. The van der Waals surface area contributed by atoms with Gasteiger partial charge in [-0.1, -0.05) is 25.3 Å². The average Bonchev–Trinajstić information content (AvgIpc) is 3.76. The second-order valence-electron chi connectivity index (χ2n) is 13.0. The van der Waals surface area contributed by atoms with Crippen LogP contribution >= 0.6 is 11.3 Å². The predicted molar refractivity (Wildman–Crippen MR) is 190 cm³/mol. The summed E-state index contributed by atoms with van der Waals surface area (Å²) in [7, 11) is 0. The third-order valence-corrected chi connectivity index (χ3v) is 10.1. The summed E-state index contributed by atoms with van der Waals surface area (Å²) in [5, 5.41) is 7.38. The Hall–Kier alpha value is -5.29. The summed E-state index contributed by atoms with van der Waals surface area (Å²) < 4.78 is 45.4. The molecule has 0 bridgehead atoms. The second kappa shape index (κ2) is 17.7. The van der Waals surface area contributed by atoms with E-state index in [0.717, 1.165) is 35.4 Å². The number of benzene rings is 2. The molecule has 0 radical (unpaired) electrons. The maximum atomic E-state index is 14.8. The number of Topliss-reactive ketones (excluding diaryl/α,β-unsaturated/α-hetero) is 1. The minimum atomic E-state index is -1.17. The maximum Gasteiger partial charge on any atom is 0.266 e. The largest absolute Gasteiger partial charge is 0.483 e. The van der Waals surface area contributed by atoms with Crippen LogP contribution in [0.3, 0.4) is 0 Å². The van der Waals surface area contributed by atoms with Crippen LogP contribution in [0.1, 0.15) is 72.1 Å². The predicted octanol–water partition coefficient (Wildman–Crippen LogP) is 3.81. The first kappa shape index (κ1) is 38.4. The Morgan fingerprint density at radius 3 is 2.52 bits per heavy atom. The summed E-state index contributed by atoms with van der Waals surface area (Å²) in [5.74, 6) is -5.83. The zero-order valence-corrected chi connectivity index (χ0v) is 30.1. The molecule has 0 aliphatic carbocycles. The summed E-state index contributed by atoms with van der Waals surface area (Å²) in [6.07, 6.45) is 3.81. The molecule has 0 spiro atoms. The number of amides is 5. The number of nitrogens with zero attached hydrogens (tertiary/aromatic N) is 3. The van der Waals surface area contributed by atoms with Crippen molar-refractivity contribution in [3.8, 4) is 22.8 Å². The van der Waals surface area contributed by atoms with E-state index >= 15 is 0 Å². The normalized spacial score (nSPS) is 17.0. The molecule has 17 heteroatoms. The minimum Gasteiger partial charge on any atom is -0.483 e. The number of halogens is 2. The molecule has 3 aromatic rings. The van der Waals surface area contributed by atoms with E-state index < -0.39 is 60.4 Å². The molecule has 3 aliphatic rings. The number of hydrogen-bond acceptors (Lipinski definition) is 12. The molecular weight excluding hydrogens is 728 g/mol. The first-order chi connectivity index (χ1) is 26.1. The molecule has 4 heterocycles. The lowest BCUT2D eigenvalue weighted by molar-refractivity contribution is -0.136. The fourth-order valence-electron chi connectivity index (χ4n) is 6.39. The molecule has 6 rings (SSSR count). The van der Waals surface area contributed by atoms with Crippen LogP contribution < -0.4 is 25.0 Å². The third kappa shape index (κ3) is 8.90. The molecule has 0 saturated carbocycles. The number of aromatic nitrogens is 1. The number of fused-ring (bicyclic) bond motifs is 1. The Morgan fingerprint density at radius 1 is 0.944 bits per heavy atom. The highest BCUT2D eigenvalue weighted by atomic mass is 32.1. The summed E-state index contributed by atoms with van der Waals surface area (Å²) >= 11 is 1.38. The number of imide groups is 2. The van der Waals surface area contributed by atoms with E-state index in [4.69, 9.17) is 14.2 Å². The number of anilines is 1. The van der Waals surface area contributed by atoms with Crippen LogP contribution in [-0.2, 0) is 23.9 Å². The monoisotopic (exact) mass is 767 g/mol. The maximum absolute atomic E-state index is 14.8. The van der Waals surface area contributed by atoms with Crippen LogP contribution in [-0.4, -0.2) is 97.3 Å². The lowest BCUT2D eigenvalue weighted by Gasteiger charge is -2.27. The molecular formula is C37H39F2N5O9S. The number of carbonyl (C=O) groups is 6. The molecule has 2 aromatic carbocycles. The van der Waals surface area contributed by atoms with Crippen molar-refractivity contribution in [2.75, 3.05) is 51.0 Å². The quantitative estimate of drug-likeness (QED) is 0.151. The number of carbonyl (C=O) groups excluding carboxylic acids is 6. The number of nitrogens with one attached hydrogen (secondary N) is 2. The smallest absolute Gasteiger partial charge is 0.266 e. The summed E-state index contributed by atoms with van der Waals surface area (Å²) in [4.78, 5) is 82.5. The van der Waals surface area contributed by atoms with E-state index in [1.54, 1.807) is 5.38 Å². The van der Waals surface area contributed by atoms with Gasteiger partial charge in [-0.15, -0.1) is 11.3 Å². The highest BCUT2D eigenvalue weighted by Gasteiger charge is 2.46. The summed E-state index contributed by atoms with van der Waals surface area (Å²) in [6.45, 7) is 2.09. The van der Waals surface area contributed by atoms with Crippen LogP contribution in [0.5, 0.6) is 11.5 Å². The van der Waals surface area contributed by atoms with Gasteiger partial charge in [0, 0.05) is 43.4 Å². The second-order valence-corrected chi connectivity index (χ2v) is 13.8. The number of thiazole rings is 1. The van der Waals surface area contributed by atoms with Crippen molar-refractivity contribution in [3.63, 3.8) is 0 Å². The number of ether oxygens (including phenoxy) is 3. The Kier molecular flexibility index (Phi) is 12.6. The molecule has 2 N–H and O–H groups in total. The summed E-state index contributed by atoms with van der Waals surface area (Å²) in [5.41, 5.74) is 0.714. The van der Waals surface area contributed by atoms with Crippen molar-refractivity contribution < 1.29 is 51.8 Å². The number of ketones is 1. The fourth-order valence-corrected chi connectivity index (χ4v) is 7.27. The van der Waals surface area contributed by atoms with E-state index in [1.807, 2.05) is 0 Å². The van der Waals surface area contributed by atoms with E-state index in [2.05, 4.69) is 20.5 Å². The van der Waals surface area contributed by atoms with Crippen molar-refractivity contribution >= 4 is 51.8 Å². The van der Waals surface area contributed by atoms with Gasteiger partial charge < -0.3 is 24.4 Å². The summed E-state index contributed by atoms with van der Waals surface area (Å²) in [6, 6.07) is 5.70. The van der Waals surface area contributed by atoms with Crippen molar-refractivity contribution in [2.45, 2.75) is 57.4 Å². The van der Waals surface area contributed by atoms with Gasteiger partial charge in [-0.05, 0) is 43.5 Å². The first-order valence-corrected chi connectivity index (χ1v) is 18.7. The van der Waals surface area contributed by atoms with Gasteiger partial charge in [0.05, 0.1) is 30.0 Å². The SMILES string of the molecule is O=C(CCCCCCCNC(=O)COc1cccc2c1C(=O)N(C1CCC(=O)NC1=O)C2=O)COc1c(-c2csc(N3CCOCC3)n2)ccc(F)c1F. The molecule has 14 nitrogen and oxygen atoms in total. The number of piperidine rings is 1. The van der Waals surface area contributed by atoms with Gasteiger partial charge in [0.25, 0.3) is 17.7 Å². The van der Waals surface area contributed by atoms with Gasteiger partial charge in [0.15, 0.2) is 29.1 Å². The third-order valence-electron chi connectivity index (χ3n) is 9.22. The fraction of sp³-hybridized carbons (Fsp3) is 0.432. The van der Waals surface area contributed by atoms with Gasteiger partial charge in [-0.2, -0.15) is 4.39 Å². The lowest BCUT2D eigenvalue weighted by Crippen LogP contribution is -2.54. The van der Waals surface area contributed by atoms with Gasteiger partial charge in [0.1, 0.15) is 18.4 Å². The van der Waals surface area contributed by atoms with Crippen molar-refractivity contribution in [2.24, 2.45) is 0 Å². The molecule has 3 aliphatic heterocycles. The minimum absolute atomic E-state index is 0.00155. The van der Waals surface area contributed by atoms with Crippen LogP contribution in [0.2, 0.25) is 0 Å². The molecule has 1 atom stereocenters. The topological polar surface area (TPSA) is 174 Å². The van der Waals surface area contributed by atoms with E-state index in [0.29, 0.717) is 51.4 Å². The van der Waals surface area contributed by atoms with Gasteiger partial charge in [-0.25, -0.2) is 9.37 Å². The van der Waals surface area contributed by atoms with Crippen LogP contribution in [0.4, 0.5) is 13.9 Å². The highest BCUT2D eigenvalue weighted by molar-refractivity contribution is 7.14. The average molecular weight is 768 g/mol. The first-order valence-electron chi connectivity index (χ1n) is 17.8.